The zero-order valence-corrected chi connectivity index (χ0v) is 15.5. The Hall–Kier alpha value is -3.02. The highest BCUT2D eigenvalue weighted by Crippen LogP contribution is 2.40. The first-order valence-corrected chi connectivity index (χ1v) is 9.01. The van der Waals surface area contributed by atoms with Gasteiger partial charge in [-0.1, -0.05) is 0 Å². The van der Waals surface area contributed by atoms with Crippen molar-refractivity contribution in [3.8, 4) is 0 Å². The Kier molecular flexibility index (Phi) is 5.64. The third-order valence-electron chi connectivity index (χ3n) is 4.86. The molecule has 1 aliphatic carbocycles. The average Bonchev–Trinajstić information content (AvgIpc) is 3.47. The van der Waals surface area contributed by atoms with Crippen LogP contribution in [0.2, 0.25) is 0 Å². The first kappa shape index (κ1) is 18.8. The molecular weight excluding hydrogens is 342 g/mol. The van der Waals surface area contributed by atoms with Gasteiger partial charge in [0.1, 0.15) is 0 Å². The van der Waals surface area contributed by atoms with Crippen molar-refractivity contribution < 1.29 is 14.4 Å². The van der Waals surface area contributed by atoms with Crippen LogP contribution < -0.4 is 5.32 Å². The van der Waals surface area contributed by atoms with E-state index in [4.69, 9.17) is 0 Å². The summed E-state index contributed by atoms with van der Waals surface area (Å²) in [5, 5.41) is 2.82. The Morgan fingerprint density at radius 2 is 1.74 bits per heavy atom. The molecule has 6 heteroatoms. The van der Waals surface area contributed by atoms with E-state index in [1.54, 1.807) is 48.6 Å². The first-order chi connectivity index (χ1) is 13.0. The van der Waals surface area contributed by atoms with Crippen molar-refractivity contribution in [2.24, 2.45) is 11.8 Å². The largest absolute Gasteiger partial charge is 0.345 e. The molecule has 2 atom stereocenters. The number of carbonyl (C=O) groups is 3. The predicted octanol–water partition coefficient (Wildman–Crippen LogP) is 2.56. The summed E-state index contributed by atoms with van der Waals surface area (Å²) >= 11 is 0. The topological polar surface area (TPSA) is 79.4 Å². The number of hydrogen-bond donors (Lipinski definition) is 1. The molecule has 0 saturated heterocycles. The van der Waals surface area contributed by atoms with Gasteiger partial charge in [-0.15, -0.1) is 0 Å². The summed E-state index contributed by atoms with van der Waals surface area (Å²) in [7, 11) is 1.78. The molecule has 0 spiro atoms. The summed E-state index contributed by atoms with van der Waals surface area (Å²) in [6.45, 7) is 2.11. The lowest BCUT2D eigenvalue weighted by molar-refractivity contribution is -0.132. The first-order valence-electron chi connectivity index (χ1n) is 9.01. The molecule has 2 unspecified atom stereocenters. The lowest BCUT2D eigenvalue weighted by Crippen LogP contribution is -2.31. The molecular formula is C21H23N3O3. The fraction of sp³-hybridized carbons (Fsp3) is 0.333. The van der Waals surface area contributed by atoms with Gasteiger partial charge in [0.15, 0.2) is 5.78 Å². The quantitative estimate of drug-likeness (QED) is 0.765. The van der Waals surface area contributed by atoms with Crippen LogP contribution in [0.4, 0.5) is 5.69 Å². The maximum atomic E-state index is 12.5. The number of pyridine rings is 1. The fourth-order valence-corrected chi connectivity index (χ4v) is 3.02. The lowest BCUT2D eigenvalue weighted by Gasteiger charge is -2.17. The zero-order valence-electron chi connectivity index (χ0n) is 15.5. The van der Waals surface area contributed by atoms with Gasteiger partial charge in [0, 0.05) is 37.2 Å². The molecule has 0 bridgehead atoms. The molecule has 1 fully saturated rings. The summed E-state index contributed by atoms with van der Waals surface area (Å²) in [5.74, 6) is -0.685. The number of Topliss-reactive ketones (excluding diaryl/α,β-unsaturated/α-hetero) is 1. The second-order valence-electron chi connectivity index (χ2n) is 6.94. The van der Waals surface area contributed by atoms with Crippen LogP contribution >= 0.6 is 0 Å². The van der Waals surface area contributed by atoms with Crippen LogP contribution in [0.5, 0.6) is 0 Å². The third-order valence-corrected chi connectivity index (χ3v) is 4.86. The normalized spacial score (nSPS) is 17.9. The number of ketones is 1. The summed E-state index contributed by atoms with van der Waals surface area (Å²) in [6.07, 6.45) is 4.81. The van der Waals surface area contributed by atoms with E-state index in [9.17, 15) is 14.4 Å². The summed E-state index contributed by atoms with van der Waals surface area (Å²) in [5.41, 5.74) is 2.36. The SMILES string of the molecule is CC(=O)c1ccc(NC(=O)C2CC2C(=O)N(C)CCc2ccncc2)cc1. The fourth-order valence-electron chi connectivity index (χ4n) is 3.02. The molecule has 6 nitrogen and oxygen atoms in total. The molecule has 1 N–H and O–H groups in total. The van der Waals surface area contributed by atoms with Gasteiger partial charge < -0.3 is 10.2 Å². The second-order valence-corrected chi connectivity index (χ2v) is 6.94. The number of anilines is 1. The van der Waals surface area contributed by atoms with Crippen molar-refractivity contribution in [3.05, 3.63) is 59.9 Å². The number of rotatable bonds is 7. The Balaban J connectivity index is 1.48. The highest BCUT2D eigenvalue weighted by Gasteiger charge is 2.48. The van der Waals surface area contributed by atoms with E-state index in [0.717, 1.165) is 12.0 Å². The highest BCUT2D eigenvalue weighted by molar-refractivity contribution is 6.00. The van der Waals surface area contributed by atoms with Crippen LogP contribution in [0, 0.1) is 11.8 Å². The lowest BCUT2D eigenvalue weighted by atomic mass is 10.1. The molecule has 2 aromatic rings. The number of nitrogens with one attached hydrogen (secondary N) is 1. The average molecular weight is 365 g/mol. The van der Waals surface area contributed by atoms with Crippen LogP contribution in [0.15, 0.2) is 48.8 Å². The van der Waals surface area contributed by atoms with Crippen molar-refractivity contribution in [1.29, 1.82) is 0 Å². The van der Waals surface area contributed by atoms with E-state index in [-0.39, 0.29) is 29.4 Å². The smallest absolute Gasteiger partial charge is 0.228 e. The standard InChI is InChI=1S/C21H23N3O3/c1-14(25)16-3-5-17(6-4-16)23-20(26)18-13-19(18)21(27)24(2)12-9-15-7-10-22-11-8-15/h3-8,10-11,18-19H,9,12-13H2,1-2H3,(H,23,26). The van der Waals surface area contributed by atoms with Crippen LogP contribution in [-0.2, 0) is 16.0 Å². The number of carbonyl (C=O) groups excluding carboxylic acids is 3. The van der Waals surface area contributed by atoms with Crippen molar-refractivity contribution in [2.75, 3.05) is 18.9 Å². The van der Waals surface area contributed by atoms with Crippen LogP contribution in [0.1, 0.15) is 29.3 Å². The maximum Gasteiger partial charge on any atom is 0.228 e. The molecule has 3 rings (SSSR count). The molecule has 0 radical (unpaired) electrons. The molecule has 27 heavy (non-hydrogen) atoms. The maximum absolute atomic E-state index is 12.5. The number of amides is 2. The Bertz CT molecular complexity index is 834. The second kappa shape index (κ2) is 8.12. The minimum Gasteiger partial charge on any atom is -0.345 e. The molecule has 1 saturated carbocycles. The molecule has 0 aliphatic heterocycles. The minimum absolute atomic E-state index is 0.0103. The summed E-state index contributed by atoms with van der Waals surface area (Å²) in [4.78, 5) is 41.8. The number of aromatic nitrogens is 1. The van der Waals surface area contributed by atoms with E-state index in [2.05, 4.69) is 10.3 Å². The van der Waals surface area contributed by atoms with E-state index < -0.39 is 0 Å². The summed E-state index contributed by atoms with van der Waals surface area (Å²) < 4.78 is 0. The third kappa shape index (κ3) is 4.78. The Morgan fingerprint density at radius 3 is 2.37 bits per heavy atom. The Labute approximate surface area is 158 Å². The minimum atomic E-state index is -0.284. The monoisotopic (exact) mass is 365 g/mol. The molecule has 2 amide bonds. The number of nitrogens with zero attached hydrogens (tertiary/aromatic N) is 2. The number of hydrogen-bond acceptors (Lipinski definition) is 4. The van der Waals surface area contributed by atoms with Gasteiger partial charge in [0.05, 0.1) is 11.8 Å². The van der Waals surface area contributed by atoms with Crippen molar-refractivity contribution in [3.63, 3.8) is 0 Å². The molecule has 1 aromatic heterocycles. The number of likely N-dealkylation sites (N-methyl/N-ethyl adjacent to an activating group) is 1. The van der Waals surface area contributed by atoms with Gasteiger partial charge in [-0.2, -0.15) is 0 Å². The zero-order chi connectivity index (χ0) is 19.4. The van der Waals surface area contributed by atoms with Gasteiger partial charge in [0.2, 0.25) is 11.8 Å². The van der Waals surface area contributed by atoms with E-state index in [1.807, 2.05) is 12.1 Å². The predicted molar refractivity (Wildman–Crippen MR) is 102 cm³/mol. The molecule has 1 aromatic carbocycles. The summed E-state index contributed by atoms with van der Waals surface area (Å²) in [6, 6.07) is 10.6. The van der Waals surface area contributed by atoms with Gasteiger partial charge in [0.25, 0.3) is 0 Å². The van der Waals surface area contributed by atoms with Crippen LogP contribution in [0.3, 0.4) is 0 Å². The van der Waals surface area contributed by atoms with Gasteiger partial charge >= 0.3 is 0 Å². The van der Waals surface area contributed by atoms with E-state index >= 15 is 0 Å². The van der Waals surface area contributed by atoms with Gasteiger partial charge in [-0.25, -0.2) is 0 Å². The Morgan fingerprint density at radius 1 is 1.07 bits per heavy atom. The van der Waals surface area contributed by atoms with Gasteiger partial charge in [-0.3, -0.25) is 19.4 Å². The van der Waals surface area contributed by atoms with E-state index in [0.29, 0.717) is 24.2 Å². The molecule has 1 heterocycles. The van der Waals surface area contributed by atoms with Crippen LogP contribution in [0.25, 0.3) is 0 Å². The van der Waals surface area contributed by atoms with Gasteiger partial charge in [-0.05, 0) is 61.7 Å². The van der Waals surface area contributed by atoms with Crippen LogP contribution in [-0.4, -0.2) is 41.1 Å². The van der Waals surface area contributed by atoms with E-state index in [1.165, 1.54) is 6.92 Å². The highest BCUT2D eigenvalue weighted by atomic mass is 16.2. The van der Waals surface area contributed by atoms with Crippen molar-refractivity contribution in [2.45, 2.75) is 19.8 Å². The molecule has 140 valence electrons. The van der Waals surface area contributed by atoms with Crippen molar-refractivity contribution in [1.82, 2.24) is 9.88 Å². The molecule has 1 aliphatic rings. The van der Waals surface area contributed by atoms with Crippen molar-refractivity contribution >= 4 is 23.3 Å². The number of benzene rings is 1.